The van der Waals surface area contributed by atoms with Gasteiger partial charge in [0.25, 0.3) is 6.43 Å². The van der Waals surface area contributed by atoms with Crippen molar-refractivity contribution in [2.45, 2.75) is 19.8 Å². The van der Waals surface area contributed by atoms with E-state index in [4.69, 9.17) is 0 Å². The molecule has 1 aromatic rings. The lowest BCUT2D eigenvalue weighted by Gasteiger charge is -1.96. The number of hydrogen-bond acceptors (Lipinski definition) is 2. The Hall–Kier alpha value is -1.26. The highest BCUT2D eigenvalue weighted by atomic mass is 19.3. The smallest absolute Gasteiger partial charge is 0.282 e. The third-order valence-corrected chi connectivity index (χ3v) is 1.58. The predicted molar refractivity (Wildman–Crippen MR) is 42.6 cm³/mol. The Kier molecular flexibility index (Phi) is 2.75. The van der Waals surface area contributed by atoms with Crippen molar-refractivity contribution >= 4 is 5.78 Å². The SMILES string of the molecule is CC(=O)Cc1cn(C)nc1C(F)F. The van der Waals surface area contributed by atoms with E-state index >= 15 is 0 Å². The van der Waals surface area contributed by atoms with E-state index in [-0.39, 0.29) is 17.9 Å². The first-order valence-electron chi connectivity index (χ1n) is 3.80. The number of alkyl halides is 2. The molecule has 0 saturated carbocycles. The molecule has 0 fully saturated rings. The molecule has 0 amide bonds. The summed E-state index contributed by atoms with van der Waals surface area (Å²) in [6, 6.07) is 0. The molecule has 0 aromatic carbocycles. The molecular formula is C8H10F2N2O. The van der Waals surface area contributed by atoms with E-state index < -0.39 is 6.43 Å². The second-order valence-electron chi connectivity index (χ2n) is 2.89. The van der Waals surface area contributed by atoms with Crippen LogP contribution in [-0.2, 0) is 18.3 Å². The van der Waals surface area contributed by atoms with E-state index in [1.54, 1.807) is 7.05 Å². The fraction of sp³-hybridized carbons (Fsp3) is 0.500. The van der Waals surface area contributed by atoms with Crippen molar-refractivity contribution in [3.63, 3.8) is 0 Å². The largest absolute Gasteiger partial charge is 0.300 e. The molecule has 1 rings (SSSR count). The van der Waals surface area contributed by atoms with Gasteiger partial charge >= 0.3 is 0 Å². The predicted octanol–water partition coefficient (Wildman–Crippen LogP) is 1.49. The Morgan fingerprint density at radius 2 is 2.31 bits per heavy atom. The van der Waals surface area contributed by atoms with Crippen molar-refractivity contribution in [2.24, 2.45) is 7.05 Å². The van der Waals surface area contributed by atoms with Gasteiger partial charge in [-0.15, -0.1) is 0 Å². The maximum absolute atomic E-state index is 12.3. The van der Waals surface area contributed by atoms with Crippen LogP contribution in [0.4, 0.5) is 8.78 Å². The maximum Gasteiger partial charge on any atom is 0.282 e. The number of carbonyl (C=O) groups excluding carboxylic acids is 1. The van der Waals surface area contributed by atoms with Crippen molar-refractivity contribution in [3.05, 3.63) is 17.5 Å². The lowest BCUT2D eigenvalue weighted by atomic mass is 10.1. The number of hydrogen-bond donors (Lipinski definition) is 0. The Labute approximate surface area is 74.4 Å². The van der Waals surface area contributed by atoms with Gasteiger partial charge in [0.15, 0.2) is 0 Å². The van der Waals surface area contributed by atoms with Crippen LogP contribution in [-0.4, -0.2) is 15.6 Å². The lowest BCUT2D eigenvalue weighted by molar-refractivity contribution is -0.116. The van der Waals surface area contributed by atoms with Gasteiger partial charge in [0.05, 0.1) is 0 Å². The number of halogens is 2. The number of nitrogens with zero attached hydrogens (tertiary/aromatic N) is 2. The molecule has 0 unspecified atom stereocenters. The van der Waals surface area contributed by atoms with E-state index in [9.17, 15) is 13.6 Å². The molecule has 1 heterocycles. The van der Waals surface area contributed by atoms with Crippen LogP contribution in [0.15, 0.2) is 6.20 Å². The molecule has 0 aliphatic heterocycles. The summed E-state index contributed by atoms with van der Waals surface area (Å²) >= 11 is 0. The van der Waals surface area contributed by atoms with Crippen molar-refractivity contribution < 1.29 is 13.6 Å². The molecule has 3 nitrogen and oxygen atoms in total. The topological polar surface area (TPSA) is 34.9 Å². The zero-order valence-corrected chi connectivity index (χ0v) is 7.42. The van der Waals surface area contributed by atoms with Crippen LogP contribution in [0.1, 0.15) is 24.6 Å². The lowest BCUT2D eigenvalue weighted by Crippen LogP contribution is -1.99. The number of rotatable bonds is 3. The summed E-state index contributed by atoms with van der Waals surface area (Å²) in [5.41, 5.74) is 0.0164. The first-order valence-corrected chi connectivity index (χ1v) is 3.80. The van der Waals surface area contributed by atoms with Gasteiger partial charge in [0.2, 0.25) is 0 Å². The summed E-state index contributed by atoms with van der Waals surface area (Å²) in [5, 5.41) is 3.58. The van der Waals surface area contributed by atoms with Crippen molar-refractivity contribution in [1.29, 1.82) is 0 Å². The number of carbonyl (C=O) groups is 1. The highest BCUT2D eigenvalue weighted by Crippen LogP contribution is 2.21. The van der Waals surface area contributed by atoms with Gasteiger partial charge in [-0.2, -0.15) is 5.10 Å². The summed E-state index contributed by atoms with van der Waals surface area (Å²) in [7, 11) is 1.55. The summed E-state index contributed by atoms with van der Waals surface area (Å²) < 4.78 is 25.9. The quantitative estimate of drug-likeness (QED) is 0.720. The number of aromatic nitrogens is 2. The molecule has 13 heavy (non-hydrogen) atoms. The second-order valence-corrected chi connectivity index (χ2v) is 2.89. The van der Waals surface area contributed by atoms with Crippen LogP contribution in [0.2, 0.25) is 0 Å². The minimum Gasteiger partial charge on any atom is -0.300 e. The van der Waals surface area contributed by atoms with Crippen molar-refractivity contribution in [3.8, 4) is 0 Å². The molecule has 72 valence electrons. The molecule has 1 aromatic heterocycles. The molecule has 0 bridgehead atoms. The zero-order valence-electron chi connectivity index (χ0n) is 7.42. The highest BCUT2D eigenvalue weighted by Gasteiger charge is 2.17. The Bertz CT molecular complexity index is 320. The molecule has 0 N–H and O–H groups in total. The van der Waals surface area contributed by atoms with Gasteiger partial charge in [-0.1, -0.05) is 0 Å². The van der Waals surface area contributed by atoms with E-state index in [1.807, 2.05) is 0 Å². The van der Waals surface area contributed by atoms with Gasteiger partial charge < -0.3 is 0 Å². The molecule has 0 aliphatic carbocycles. The van der Waals surface area contributed by atoms with Crippen LogP contribution in [0.5, 0.6) is 0 Å². The molecule has 0 saturated heterocycles. The van der Waals surface area contributed by atoms with Gasteiger partial charge in [-0.25, -0.2) is 8.78 Å². The average molecular weight is 188 g/mol. The summed E-state index contributed by atoms with van der Waals surface area (Å²) in [4.78, 5) is 10.7. The van der Waals surface area contributed by atoms with Crippen LogP contribution in [0.25, 0.3) is 0 Å². The van der Waals surface area contributed by atoms with E-state index in [1.165, 1.54) is 17.8 Å². The normalized spacial score (nSPS) is 10.8. The Morgan fingerprint density at radius 1 is 1.69 bits per heavy atom. The Balaban J connectivity index is 2.97. The van der Waals surface area contributed by atoms with E-state index in [0.717, 1.165) is 0 Å². The minimum absolute atomic E-state index is 0.0213. The van der Waals surface area contributed by atoms with Crippen LogP contribution in [0, 0.1) is 0 Å². The van der Waals surface area contributed by atoms with E-state index in [2.05, 4.69) is 5.10 Å². The van der Waals surface area contributed by atoms with Gasteiger partial charge in [-0.05, 0) is 6.92 Å². The molecule has 5 heteroatoms. The fourth-order valence-corrected chi connectivity index (χ4v) is 1.14. The number of Topliss-reactive ketones (excluding diaryl/α,β-unsaturated/α-hetero) is 1. The van der Waals surface area contributed by atoms with E-state index in [0.29, 0.717) is 5.56 Å². The zero-order chi connectivity index (χ0) is 10.0. The van der Waals surface area contributed by atoms with Crippen LogP contribution >= 0.6 is 0 Å². The number of aryl methyl sites for hydroxylation is 1. The van der Waals surface area contributed by atoms with Crippen LogP contribution < -0.4 is 0 Å². The monoisotopic (exact) mass is 188 g/mol. The average Bonchev–Trinajstić information content (AvgIpc) is 2.29. The summed E-state index contributed by atoms with van der Waals surface area (Å²) in [6.07, 6.45) is -1.15. The minimum atomic E-state index is -2.62. The summed E-state index contributed by atoms with van der Waals surface area (Å²) in [5.74, 6) is -0.144. The summed E-state index contributed by atoms with van der Waals surface area (Å²) in [6.45, 7) is 1.36. The molecule has 0 radical (unpaired) electrons. The third-order valence-electron chi connectivity index (χ3n) is 1.58. The second kappa shape index (κ2) is 3.64. The van der Waals surface area contributed by atoms with Gasteiger partial charge in [0, 0.05) is 25.2 Å². The van der Waals surface area contributed by atoms with Gasteiger partial charge in [-0.3, -0.25) is 9.48 Å². The third kappa shape index (κ3) is 2.34. The standard InChI is InChI=1S/C8H10F2N2O/c1-5(13)3-6-4-12(2)11-7(6)8(9)10/h4,8H,3H2,1-2H3. The molecule has 0 spiro atoms. The van der Waals surface area contributed by atoms with Crippen molar-refractivity contribution in [2.75, 3.05) is 0 Å². The van der Waals surface area contributed by atoms with Gasteiger partial charge in [0.1, 0.15) is 11.5 Å². The number of ketones is 1. The van der Waals surface area contributed by atoms with Crippen molar-refractivity contribution in [1.82, 2.24) is 9.78 Å². The van der Waals surface area contributed by atoms with Crippen LogP contribution in [0.3, 0.4) is 0 Å². The first-order chi connectivity index (χ1) is 6.00. The Morgan fingerprint density at radius 3 is 2.77 bits per heavy atom. The molecular weight excluding hydrogens is 178 g/mol. The maximum atomic E-state index is 12.3. The highest BCUT2D eigenvalue weighted by molar-refractivity contribution is 5.78. The first kappa shape index (κ1) is 9.83. The molecule has 0 atom stereocenters. The molecule has 0 aliphatic rings. The fourth-order valence-electron chi connectivity index (χ4n) is 1.14.